The van der Waals surface area contributed by atoms with Gasteiger partial charge in [0.2, 0.25) is 0 Å². The van der Waals surface area contributed by atoms with Crippen LogP contribution in [0.1, 0.15) is 102 Å². The fourth-order valence-corrected chi connectivity index (χ4v) is 6.38. The molecule has 0 atom stereocenters. The number of nitrogens with one attached hydrogen (secondary N) is 2. The van der Waals surface area contributed by atoms with Gasteiger partial charge in [0.15, 0.2) is 0 Å². The molecule has 4 aromatic rings. The monoisotopic (exact) mass is 1310 g/mol. The van der Waals surface area contributed by atoms with Crippen molar-refractivity contribution in [2.75, 3.05) is 33.3 Å². The molecule has 0 saturated carbocycles. The third-order valence-electron chi connectivity index (χ3n) is 9.30. The maximum absolute atomic E-state index is 12.0. The number of rotatable bonds is 20. The molecule has 23 heteroatoms. The van der Waals surface area contributed by atoms with Crippen LogP contribution in [0, 0.1) is 0 Å². The van der Waals surface area contributed by atoms with E-state index in [2.05, 4.69) is 73.7 Å². The first-order valence-corrected chi connectivity index (χ1v) is 26.0. The first-order chi connectivity index (χ1) is 36.3. The molecule has 0 spiro atoms. The summed E-state index contributed by atoms with van der Waals surface area (Å²) in [5.74, 6) is -3.79. The molecule has 0 aliphatic heterocycles. The summed E-state index contributed by atoms with van der Waals surface area (Å²) in [7, 11) is 1.00. The third-order valence-corrected chi connectivity index (χ3v) is 10.3. The van der Waals surface area contributed by atoms with Crippen LogP contribution in [0.2, 0.25) is 0 Å². The average molecular weight is 1320 g/mol. The molecule has 2 amide bonds. The van der Waals surface area contributed by atoms with Gasteiger partial charge in [0.25, 0.3) is 6.47 Å². The third kappa shape index (κ3) is 55.2. The molecule has 0 heterocycles. The van der Waals surface area contributed by atoms with Gasteiger partial charge in [0.1, 0.15) is 0 Å². The normalized spacial score (nSPS) is 10.9. The number of hydrogen-bond donors (Lipinski definition) is 8. The van der Waals surface area contributed by atoms with E-state index in [1.54, 1.807) is 59.8 Å². The molecule has 0 bridgehead atoms. The van der Waals surface area contributed by atoms with Crippen molar-refractivity contribution in [2.24, 2.45) is 11.5 Å². The van der Waals surface area contributed by atoms with E-state index in [1.807, 2.05) is 83.4 Å². The molecule has 0 fully saturated rings. The van der Waals surface area contributed by atoms with Gasteiger partial charge in [-0.1, -0.05) is 135 Å². The maximum atomic E-state index is 12.0. The van der Waals surface area contributed by atoms with Crippen molar-refractivity contribution in [2.45, 2.75) is 122 Å². The molecular formula is C57H80Br2F6K2N4O9. The van der Waals surface area contributed by atoms with Crippen LogP contribution in [0.15, 0.2) is 131 Å². The Hall–Kier alpha value is -1.96. The first kappa shape index (κ1) is 86.8. The smallest absolute Gasteiger partial charge is 1.00 e. The minimum Gasteiger partial charge on any atom is -1.00 e. The van der Waals surface area contributed by atoms with Crippen molar-refractivity contribution >= 4 is 62.3 Å². The fraction of sp³-hybridized carbons (Fsp3) is 0.421. The Morgan fingerprint density at radius 1 is 0.588 bits per heavy atom. The van der Waals surface area contributed by atoms with Crippen LogP contribution in [0.3, 0.4) is 0 Å². The second kappa shape index (κ2) is 49.3. The SMILES string of the molecule is C=CC(C)(C)O.CC(C)(O)/C=C/c1cccc(CCCN)c1.CC(C)(O)/C=C/c1cccc(CCCNC(=O)C(F)(F)F)c1.CO.NCCCc1cccc(Br)c1.O=C(NCCCc1cccc(Br)c1)C(F)(F)F.O=CO[O-].[H-].[K+].[K+]. The van der Waals surface area contributed by atoms with E-state index in [-0.39, 0.29) is 124 Å². The molecule has 4 rings (SSSR count). The maximum Gasteiger partial charge on any atom is 1.00 e. The van der Waals surface area contributed by atoms with Gasteiger partial charge < -0.3 is 54.1 Å². The molecule has 13 nitrogen and oxygen atoms in total. The van der Waals surface area contributed by atoms with E-state index >= 15 is 0 Å². The number of alkyl halides is 6. The van der Waals surface area contributed by atoms with Gasteiger partial charge in [-0.3, -0.25) is 14.4 Å². The van der Waals surface area contributed by atoms with Crippen LogP contribution < -0.4 is 130 Å². The number of nitrogens with two attached hydrogens (primary N) is 2. The Balaban J connectivity index is -0.000000218. The van der Waals surface area contributed by atoms with E-state index in [0.29, 0.717) is 25.7 Å². The van der Waals surface area contributed by atoms with E-state index in [0.717, 1.165) is 77.1 Å². The van der Waals surface area contributed by atoms with Crippen molar-refractivity contribution in [1.82, 2.24) is 10.6 Å². The summed E-state index contributed by atoms with van der Waals surface area (Å²) >= 11 is 6.72. The average Bonchev–Trinajstić information content (AvgIpc) is 3.37. The van der Waals surface area contributed by atoms with Gasteiger partial charge >= 0.3 is 127 Å². The summed E-state index contributed by atoms with van der Waals surface area (Å²) in [4.78, 5) is 32.4. The van der Waals surface area contributed by atoms with Gasteiger partial charge in [-0.25, -0.2) is 0 Å². The predicted molar refractivity (Wildman–Crippen MR) is 304 cm³/mol. The van der Waals surface area contributed by atoms with Gasteiger partial charge in [-0.05, 0) is 164 Å². The number of aryl methyl sites for hydroxylation is 4. The quantitative estimate of drug-likeness (QED) is 0.0120. The minimum atomic E-state index is -4.83. The Labute approximate surface area is 572 Å². The van der Waals surface area contributed by atoms with Crippen LogP contribution >= 0.6 is 31.9 Å². The van der Waals surface area contributed by atoms with Crippen LogP contribution in [-0.2, 0) is 45.0 Å². The molecule has 80 heavy (non-hydrogen) atoms. The summed E-state index contributed by atoms with van der Waals surface area (Å²) in [6.07, 6.45) is 5.31. The van der Waals surface area contributed by atoms with Crippen molar-refractivity contribution in [3.8, 4) is 0 Å². The molecule has 0 aliphatic rings. The minimum absolute atomic E-state index is 0. The number of carbonyl (C=O) groups excluding carboxylic acids is 3. The predicted octanol–water partition coefficient (Wildman–Crippen LogP) is 3.95. The van der Waals surface area contributed by atoms with Gasteiger partial charge in [-0.2, -0.15) is 26.3 Å². The molecule has 0 unspecified atom stereocenters. The summed E-state index contributed by atoms with van der Waals surface area (Å²) in [5, 5.41) is 47.0. The molecule has 0 radical (unpaired) electrons. The topological polar surface area (TPSA) is 241 Å². The van der Waals surface area contributed by atoms with E-state index in [1.165, 1.54) is 17.2 Å². The molecule has 0 saturated heterocycles. The molecule has 440 valence electrons. The standard InChI is InChI=1S/C16H20F3NO2.C14H21NO.C11H11BrF3NO.C9H12BrN.C5H10O.CH2O3.CH4O.2K.H/c1-15(2,22)9-8-13-6-3-5-12(11-13)7-4-10-20-14(21)16(17,18)19;1-14(2,16)9-8-13-6-3-5-12(11-13)7-4-10-15;12-9-5-1-3-8(7-9)4-2-6-16-10(17)11(13,14)15;10-9-5-1-3-8(7-9)4-2-6-11;1-4-5(2,3)6;2-1-4-3;1-2;;;/h3,5-6,8-9,11,22H,4,7,10H2,1-2H3,(H,20,21);3,5-6,8-9,11,16H,4,7,10,15H2,1-2H3;1,3,5,7H,2,4,6H2,(H,16,17);1,3,5,7H,2,4,6,11H2;4,6H,1H2,2-3H3;1,3H;2H,1H3;;;/q;;;;;;;2*+1;-1/p-1/b2*9-8+;;;;;;;;. The molecule has 4 aromatic carbocycles. The van der Waals surface area contributed by atoms with Crippen molar-refractivity contribution in [1.29, 1.82) is 0 Å². The van der Waals surface area contributed by atoms with E-state index < -0.39 is 41.0 Å². The van der Waals surface area contributed by atoms with Crippen molar-refractivity contribution in [3.05, 3.63) is 164 Å². The summed E-state index contributed by atoms with van der Waals surface area (Å²) in [6.45, 7) is 14.9. The second-order valence-corrected chi connectivity index (χ2v) is 20.1. The Morgan fingerprint density at radius 2 is 0.863 bits per heavy atom. The van der Waals surface area contributed by atoms with Crippen molar-refractivity contribution < 1.29 is 175 Å². The summed E-state index contributed by atoms with van der Waals surface area (Å²) in [5.41, 5.74) is 15.2. The summed E-state index contributed by atoms with van der Waals surface area (Å²) < 4.78 is 73.6. The number of halogens is 8. The van der Waals surface area contributed by atoms with Crippen LogP contribution in [-0.4, -0.2) is 101 Å². The second-order valence-electron chi connectivity index (χ2n) is 18.3. The molecule has 0 aliphatic carbocycles. The Bertz CT molecular complexity index is 2340. The zero-order valence-corrected chi connectivity index (χ0v) is 56.8. The van der Waals surface area contributed by atoms with Crippen LogP contribution in [0.25, 0.3) is 12.2 Å². The molecule has 10 N–H and O–H groups in total. The molecular weight excluding hydrogens is 1240 g/mol. The zero-order chi connectivity index (χ0) is 60.4. The molecule has 0 aromatic heterocycles. The Morgan fingerprint density at radius 3 is 1.10 bits per heavy atom. The fourth-order valence-electron chi connectivity index (χ4n) is 5.49. The van der Waals surface area contributed by atoms with E-state index in [4.69, 9.17) is 31.7 Å². The van der Waals surface area contributed by atoms with Crippen LogP contribution in [0.5, 0.6) is 0 Å². The number of amides is 2. The number of benzene rings is 4. The number of aliphatic hydroxyl groups excluding tert-OH is 1. The van der Waals surface area contributed by atoms with E-state index in [9.17, 15) is 46.1 Å². The zero-order valence-electron chi connectivity index (χ0n) is 48.4. The van der Waals surface area contributed by atoms with Crippen molar-refractivity contribution in [3.63, 3.8) is 0 Å². The Kier molecular flexibility index (Phi) is 53.5. The largest absolute Gasteiger partial charge is 1.00 e. The van der Waals surface area contributed by atoms with Gasteiger partial charge in [0.05, 0.1) is 16.8 Å². The number of carbonyl (C=O) groups is 3. The van der Waals surface area contributed by atoms with Gasteiger partial charge in [-0.15, -0.1) is 6.58 Å². The first-order valence-electron chi connectivity index (χ1n) is 24.4. The number of aliphatic hydroxyl groups is 4. The van der Waals surface area contributed by atoms with Crippen LogP contribution in [0.4, 0.5) is 26.3 Å². The van der Waals surface area contributed by atoms with Gasteiger partial charge in [0, 0.05) is 29.1 Å². The summed E-state index contributed by atoms with van der Waals surface area (Å²) in [6, 6.07) is 31.6. The number of hydrogen-bond acceptors (Lipinski definition) is 11.